The Morgan fingerprint density at radius 1 is 1.33 bits per heavy atom. The molecule has 0 spiro atoms. The van der Waals surface area contributed by atoms with Crippen LogP contribution in [0.5, 0.6) is 0 Å². The zero-order valence-corrected chi connectivity index (χ0v) is 8.18. The number of allylic oxidation sites excluding steroid dienone is 1. The van der Waals surface area contributed by atoms with Crippen molar-refractivity contribution in [2.24, 2.45) is 0 Å². The van der Waals surface area contributed by atoms with Gasteiger partial charge in [0.25, 0.3) is 0 Å². The average Bonchev–Trinajstić information content (AvgIpc) is 1.63. The maximum absolute atomic E-state index is 5.31. The van der Waals surface area contributed by atoms with Gasteiger partial charge in [0.05, 0.1) is 6.26 Å². The molecule has 0 saturated carbocycles. The summed E-state index contributed by atoms with van der Waals surface area (Å²) in [7, 11) is -0.348. The Balaban J connectivity index is 3.28. The molecule has 0 fully saturated rings. The van der Waals surface area contributed by atoms with Gasteiger partial charge >= 0.3 is 0 Å². The fraction of sp³-hybridized carbons (Fsp3) is 0.714. The van der Waals surface area contributed by atoms with E-state index in [9.17, 15) is 0 Å². The molecule has 0 rings (SSSR count). The Morgan fingerprint density at radius 2 is 1.89 bits per heavy atom. The van der Waals surface area contributed by atoms with E-state index in [1.807, 2.05) is 13.0 Å². The van der Waals surface area contributed by atoms with E-state index in [-0.39, 0.29) is 9.76 Å². The van der Waals surface area contributed by atoms with Crippen molar-refractivity contribution in [1.29, 1.82) is 0 Å². The maximum atomic E-state index is 5.31. The van der Waals surface area contributed by atoms with Gasteiger partial charge in [-0.25, -0.2) is 0 Å². The molecule has 0 aliphatic rings. The molecule has 0 aromatic rings. The molecule has 0 radical (unpaired) electrons. The Bertz CT molecular complexity index is 91.6. The lowest BCUT2D eigenvalue weighted by atomic mass is 10.3. The molecule has 0 unspecified atom stereocenters. The van der Waals surface area contributed by atoms with Crippen molar-refractivity contribution in [3.63, 3.8) is 0 Å². The van der Waals surface area contributed by atoms with Crippen LogP contribution in [0.4, 0.5) is 0 Å². The lowest BCUT2D eigenvalue weighted by Gasteiger charge is -2.15. The monoisotopic (exact) mass is 144 g/mol. The van der Waals surface area contributed by atoms with Crippen LogP contribution in [0.1, 0.15) is 27.7 Å². The smallest absolute Gasteiger partial charge is 0.224 e. The van der Waals surface area contributed by atoms with Crippen LogP contribution in [0.25, 0.3) is 0 Å². The van der Waals surface area contributed by atoms with Gasteiger partial charge in [-0.05, 0) is 12.0 Å². The average molecular weight is 144 g/mol. The van der Waals surface area contributed by atoms with E-state index in [4.69, 9.17) is 4.43 Å². The summed E-state index contributed by atoms with van der Waals surface area (Å²) in [5, 5.41) is 0.416. The molecule has 0 aromatic carbocycles. The third-order valence-corrected chi connectivity index (χ3v) is 1.97. The zero-order chi connectivity index (χ0) is 7.33. The van der Waals surface area contributed by atoms with Gasteiger partial charge < -0.3 is 4.43 Å². The Labute approximate surface area is 60.1 Å². The summed E-state index contributed by atoms with van der Waals surface area (Å²) >= 11 is 0. The van der Waals surface area contributed by atoms with E-state index in [0.29, 0.717) is 5.04 Å². The summed E-state index contributed by atoms with van der Waals surface area (Å²) in [5.74, 6) is 0. The standard InChI is InChI=1S/C7H16OSi/c1-5-6-8-9-7(2,3)4/h5-6H,9H2,1-4H3. The molecule has 0 aromatic heterocycles. The summed E-state index contributed by atoms with van der Waals surface area (Å²) in [6.07, 6.45) is 3.72. The van der Waals surface area contributed by atoms with Crippen LogP contribution < -0.4 is 0 Å². The molecule has 0 heterocycles. The minimum atomic E-state index is -0.348. The third-order valence-electron chi connectivity index (χ3n) is 0.749. The molecule has 9 heavy (non-hydrogen) atoms. The van der Waals surface area contributed by atoms with E-state index in [0.717, 1.165) is 0 Å². The molecule has 0 atom stereocenters. The van der Waals surface area contributed by atoms with Crippen LogP contribution in [-0.2, 0) is 4.43 Å². The molecule has 0 saturated heterocycles. The number of hydrogen-bond donors (Lipinski definition) is 0. The summed E-state index contributed by atoms with van der Waals surface area (Å²) in [5.41, 5.74) is 0. The molecule has 0 aliphatic carbocycles. The predicted octanol–water partition coefficient (Wildman–Crippen LogP) is 1.84. The first-order valence-electron chi connectivity index (χ1n) is 3.29. The van der Waals surface area contributed by atoms with Gasteiger partial charge in [0.1, 0.15) is 0 Å². The van der Waals surface area contributed by atoms with Crippen molar-refractivity contribution in [3.05, 3.63) is 12.3 Å². The molecular weight excluding hydrogens is 128 g/mol. The fourth-order valence-electron chi connectivity index (χ4n) is 0.394. The first kappa shape index (κ1) is 8.76. The lowest BCUT2D eigenvalue weighted by Crippen LogP contribution is -2.09. The number of rotatable bonds is 2. The highest BCUT2D eigenvalue weighted by molar-refractivity contribution is 6.31. The molecule has 0 bridgehead atoms. The van der Waals surface area contributed by atoms with Gasteiger partial charge in [0.15, 0.2) is 0 Å². The second-order valence-corrected chi connectivity index (χ2v) is 6.08. The Morgan fingerprint density at radius 3 is 2.22 bits per heavy atom. The minimum Gasteiger partial charge on any atom is -0.554 e. The molecular formula is C7H16OSi. The fourth-order valence-corrected chi connectivity index (χ4v) is 1.18. The van der Waals surface area contributed by atoms with Gasteiger partial charge in [-0.2, -0.15) is 0 Å². The third kappa shape index (κ3) is 7.76. The van der Waals surface area contributed by atoms with E-state index in [1.165, 1.54) is 0 Å². The van der Waals surface area contributed by atoms with Crippen molar-refractivity contribution in [2.75, 3.05) is 0 Å². The van der Waals surface area contributed by atoms with Crippen molar-refractivity contribution in [2.45, 2.75) is 32.7 Å². The quantitative estimate of drug-likeness (QED) is 0.424. The molecule has 0 aliphatic heterocycles. The summed E-state index contributed by atoms with van der Waals surface area (Å²) < 4.78 is 5.31. The van der Waals surface area contributed by atoms with Gasteiger partial charge in [0.2, 0.25) is 9.76 Å². The van der Waals surface area contributed by atoms with E-state index < -0.39 is 0 Å². The second kappa shape index (κ2) is 3.72. The van der Waals surface area contributed by atoms with Crippen LogP contribution in [0.15, 0.2) is 12.3 Å². The van der Waals surface area contributed by atoms with Gasteiger partial charge in [-0.15, -0.1) is 0 Å². The largest absolute Gasteiger partial charge is 0.554 e. The van der Waals surface area contributed by atoms with Crippen LogP contribution in [0, 0.1) is 0 Å². The van der Waals surface area contributed by atoms with E-state index in [2.05, 4.69) is 20.8 Å². The topological polar surface area (TPSA) is 9.23 Å². The first-order valence-corrected chi connectivity index (χ1v) is 4.57. The van der Waals surface area contributed by atoms with Gasteiger partial charge in [0, 0.05) is 0 Å². The highest BCUT2D eigenvalue weighted by Gasteiger charge is 2.10. The summed E-state index contributed by atoms with van der Waals surface area (Å²) in [6, 6.07) is 0. The van der Waals surface area contributed by atoms with Crippen LogP contribution >= 0.6 is 0 Å². The number of hydrogen-bond acceptors (Lipinski definition) is 1. The van der Waals surface area contributed by atoms with Crippen LogP contribution in [-0.4, -0.2) is 9.76 Å². The van der Waals surface area contributed by atoms with Gasteiger partial charge in [-0.1, -0.05) is 26.8 Å². The van der Waals surface area contributed by atoms with Crippen LogP contribution in [0.2, 0.25) is 5.04 Å². The normalized spacial score (nSPS) is 13.8. The first-order chi connectivity index (χ1) is 4.06. The highest BCUT2D eigenvalue weighted by atomic mass is 28.2. The molecule has 54 valence electrons. The Kier molecular flexibility index (Phi) is 3.62. The minimum absolute atomic E-state index is 0.348. The zero-order valence-electron chi connectivity index (χ0n) is 6.77. The van der Waals surface area contributed by atoms with Crippen LogP contribution in [0.3, 0.4) is 0 Å². The highest BCUT2D eigenvalue weighted by Crippen LogP contribution is 2.19. The van der Waals surface area contributed by atoms with Crippen molar-refractivity contribution >= 4 is 9.76 Å². The predicted molar refractivity (Wildman–Crippen MR) is 44.2 cm³/mol. The van der Waals surface area contributed by atoms with Crippen molar-refractivity contribution in [1.82, 2.24) is 0 Å². The lowest BCUT2D eigenvalue weighted by molar-refractivity contribution is 0.478. The molecule has 0 N–H and O–H groups in total. The maximum Gasteiger partial charge on any atom is 0.224 e. The Hall–Kier alpha value is -0.243. The van der Waals surface area contributed by atoms with Crippen molar-refractivity contribution in [3.8, 4) is 0 Å². The molecule has 0 amide bonds. The molecule has 2 heteroatoms. The van der Waals surface area contributed by atoms with E-state index in [1.54, 1.807) is 6.26 Å². The summed E-state index contributed by atoms with van der Waals surface area (Å²) in [4.78, 5) is 0. The SMILES string of the molecule is CC=CO[SiH2]C(C)(C)C. The van der Waals surface area contributed by atoms with Gasteiger partial charge in [-0.3, -0.25) is 0 Å². The van der Waals surface area contributed by atoms with Crippen molar-refractivity contribution < 1.29 is 4.43 Å². The second-order valence-electron chi connectivity index (χ2n) is 3.34. The summed E-state index contributed by atoms with van der Waals surface area (Å²) in [6.45, 7) is 8.60. The molecule has 1 nitrogen and oxygen atoms in total. The van der Waals surface area contributed by atoms with E-state index >= 15 is 0 Å².